The van der Waals surface area contributed by atoms with Crippen molar-refractivity contribution in [1.82, 2.24) is 10.2 Å². The number of nitrogens with zero attached hydrogens (tertiary/aromatic N) is 1. The second-order valence-electron chi connectivity index (χ2n) is 6.63. The number of ether oxygens (including phenoxy) is 1. The van der Waals surface area contributed by atoms with E-state index in [-0.39, 0.29) is 17.6 Å². The first-order valence-corrected chi connectivity index (χ1v) is 10.0. The van der Waals surface area contributed by atoms with Gasteiger partial charge in [0.15, 0.2) is 6.61 Å². The number of imide groups is 1. The van der Waals surface area contributed by atoms with E-state index in [0.717, 1.165) is 27.9 Å². The Balaban J connectivity index is 1.58. The highest BCUT2D eigenvalue weighted by Crippen LogP contribution is 2.38. The molecule has 1 aromatic heterocycles. The fourth-order valence-electron chi connectivity index (χ4n) is 3.50. The van der Waals surface area contributed by atoms with E-state index in [0.29, 0.717) is 11.3 Å². The van der Waals surface area contributed by atoms with Gasteiger partial charge in [0.1, 0.15) is 12.1 Å². The lowest BCUT2D eigenvalue weighted by atomic mass is 9.73. The third-order valence-corrected chi connectivity index (χ3v) is 6.67. The highest BCUT2D eigenvalue weighted by Gasteiger charge is 2.55. The average molecular weight is 443 g/mol. The Morgan fingerprint density at radius 1 is 1.38 bits per heavy atom. The lowest BCUT2D eigenvalue weighted by Gasteiger charge is -2.36. The Labute approximate surface area is 163 Å². The fourth-order valence-corrected chi connectivity index (χ4v) is 4.81. The maximum Gasteiger partial charge on any atom is 0.326 e. The van der Waals surface area contributed by atoms with Gasteiger partial charge >= 0.3 is 12.0 Å². The summed E-state index contributed by atoms with van der Waals surface area (Å²) in [5.41, 5.74) is -0.908. The minimum atomic E-state index is -0.908. The van der Waals surface area contributed by atoms with Gasteiger partial charge in [-0.3, -0.25) is 19.3 Å². The molecule has 0 unspecified atom stereocenters. The van der Waals surface area contributed by atoms with Crippen LogP contribution in [0.25, 0.3) is 0 Å². The van der Waals surface area contributed by atoms with Gasteiger partial charge in [-0.05, 0) is 46.8 Å². The first-order valence-electron chi connectivity index (χ1n) is 8.42. The molecule has 1 aromatic rings. The Morgan fingerprint density at radius 2 is 2.15 bits per heavy atom. The summed E-state index contributed by atoms with van der Waals surface area (Å²) >= 11 is 4.50. The predicted molar refractivity (Wildman–Crippen MR) is 97.9 cm³/mol. The normalized spacial score (nSPS) is 25.5. The van der Waals surface area contributed by atoms with E-state index in [1.807, 2.05) is 6.92 Å². The maximum atomic E-state index is 12.8. The highest BCUT2D eigenvalue weighted by molar-refractivity contribution is 9.11. The van der Waals surface area contributed by atoms with Crippen LogP contribution in [0.2, 0.25) is 0 Å². The van der Waals surface area contributed by atoms with Crippen LogP contribution in [0.4, 0.5) is 4.79 Å². The quantitative estimate of drug-likeness (QED) is 0.429. The van der Waals surface area contributed by atoms with E-state index in [1.54, 1.807) is 12.1 Å². The van der Waals surface area contributed by atoms with Crippen LogP contribution in [0.15, 0.2) is 15.9 Å². The molecule has 7 nitrogen and oxygen atoms in total. The first-order chi connectivity index (χ1) is 12.3. The minimum absolute atomic E-state index is 0.0209. The van der Waals surface area contributed by atoms with Crippen LogP contribution >= 0.6 is 27.3 Å². The summed E-state index contributed by atoms with van der Waals surface area (Å²) in [6.07, 6.45) is 3.32. The van der Waals surface area contributed by atoms with Crippen molar-refractivity contribution in [2.24, 2.45) is 5.92 Å². The second-order valence-corrected chi connectivity index (χ2v) is 9.09. The number of amides is 3. The molecule has 0 bridgehead atoms. The zero-order chi connectivity index (χ0) is 18.9. The maximum absolute atomic E-state index is 12.8. The number of nitrogens with one attached hydrogen (secondary N) is 1. The molecule has 140 valence electrons. The molecule has 9 heteroatoms. The van der Waals surface area contributed by atoms with Gasteiger partial charge in [0.25, 0.3) is 5.91 Å². The van der Waals surface area contributed by atoms with Gasteiger partial charge in [-0.15, -0.1) is 11.3 Å². The van der Waals surface area contributed by atoms with Gasteiger partial charge in [-0.1, -0.05) is 19.8 Å². The molecule has 2 heterocycles. The van der Waals surface area contributed by atoms with E-state index in [1.165, 1.54) is 11.3 Å². The fraction of sp³-hybridized carbons (Fsp3) is 0.529. The third kappa shape index (κ3) is 3.55. The van der Waals surface area contributed by atoms with Crippen LogP contribution in [-0.4, -0.2) is 47.3 Å². The molecule has 3 amide bonds. The van der Waals surface area contributed by atoms with Crippen LogP contribution in [0.3, 0.4) is 0 Å². The number of Topliss-reactive ketones (excluding diaryl/α,β-unsaturated/α-hetero) is 1. The summed E-state index contributed by atoms with van der Waals surface area (Å²) in [6.45, 7) is 1.04. The molecule has 1 aliphatic carbocycles. The zero-order valence-corrected chi connectivity index (χ0v) is 16.7. The van der Waals surface area contributed by atoms with Crippen LogP contribution in [0, 0.1) is 5.92 Å². The number of hydrogen-bond donors (Lipinski definition) is 1. The smallest absolute Gasteiger partial charge is 0.326 e. The summed E-state index contributed by atoms with van der Waals surface area (Å²) in [6, 6.07) is 2.79. The zero-order valence-electron chi connectivity index (χ0n) is 14.2. The van der Waals surface area contributed by atoms with E-state index in [2.05, 4.69) is 21.2 Å². The number of rotatable bonds is 5. The van der Waals surface area contributed by atoms with Gasteiger partial charge in [0.2, 0.25) is 5.78 Å². The van der Waals surface area contributed by atoms with Crippen LogP contribution in [0.5, 0.6) is 0 Å². The summed E-state index contributed by atoms with van der Waals surface area (Å²) in [7, 11) is 0. The van der Waals surface area contributed by atoms with Crippen LogP contribution in [0.1, 0.15) is 42.3 Å². The molecule has 0 radical (unpaired) electrons. The van der Waals surface area contributed by atoms with Crippen molar-refractivity contribution in [2.45, 2.75) is 38.1 Å². The molecule has 2 atom stereocenters. The Morgan fingerprint density at radius 3 is 2.81 bits per heavy atom. The lowest BCUT2D eigenvalue weighted by molar-refractivity contribution is -0.147. The van der Waals surface area contributed by atoms with E-state index < -0.39 is 30.7 Å². The number of ketones is 1. The number of hydrogen-bond acceptors (Lipinski definition) is 6. The predicted octanol–water partition coefficient (Wildman–Crippen LogP) is 2.74. The number of carbonyl (C=O) groups is 4. The molecule has 1 spiro atoms. The van der Waals surface area contributed by atoms with Gasteiger partial charge in [0, 0.05) is 0 Å². The van der Waals surface area contributed by atoms with Crippen molar-refractivity contribution in [2.75, 3.05) is 13.2 Å². The molecule has 2 fully saturated rings. The highest BCUT2D eigenvalue weighted by atomic mass is 79.9. The molecule has 26 heavy (non-hydrogen) atoms. The summed E-state index contributed by atoms with van der Waals surface area (Å²) < 4.78 is 5.76. The van der Waals surface area contributed by atoms with Gasteiger partial charge in [-0.25, -0.2) is 4.79 Å². The number of esters is 1. The van der Waals surface area contributed by atoms with Crippen LogP contribution in [-0.2, 0) is 14.3 Å². The molecule has 3 rings (SSSR count). The summed E-state index contributed by atoms with van der Waals surface area (Å²) in [4.78, 5) is 50.3. The SMILES string of the molecule is C[C@H]1CCCC[C@@]12NC(=O)N(CC(=O)OCC(=O)c1ccc(Br)s1)C2=O. The molecule has 1 N–H and O–H groups in total. The topological polar surface area (TPSA) is 92.8 Å². The van der Waals surface area contributed by atoms with Crippen molar-refractivity contribution < 1.29 is 23.9 Å². The second kappa shape index (κ2) is 7.48. The molecule has 1 saturated carbocycles. The van der Waals surface area contributed by atoms with Crippen molar-refractivity contribution >= 4 is 51.0 Å². The van der Waals surface area contributed by atoms with E-state index in [4.69, 9.17) is 4.74 Å². The molecule has 1 saturated heterocycles. The number of carbonyl (C=O) groups excluding carboxylic acids is 4. The van der Waals surface area contributed by atoms with Crippen molar-refractivity contribution in [3.05, 3.63) is 20.8 Å². The van der Waals surface area contributed by atoms with Gasteiger partial charge in [0.05, 0.1) is 8.66 Å². The molecule has 1 aliphatic heterocycles. The number of urea groups is 1. The largest absolute Gasteiger partial charge is 0.456 e. The average Bonchev–Trinajstić information content (AvgIpc) is 3.13. The Bertz CT molecular complexity index is 764. The van der Waals surface area contributed by atoms with E-state index in [9.17, 15) is 19.2 Å². The first kappa shape index (κ1) is 19.0. The lowest BCUT2D eigenvalue weighted by Crippen LogP contribution is -2.54. The summed E-state index contributed by atoms with van der Waals surface area (Å²) in [5.74, 6) is -1.46. The van der Waals surface area contributed by atoms with Gasteiger partial charge in [-0.2, -0.15) is 0 Å². The minimum Gasteiger partial charge on any atom is -0.456 e. The number of thiophene rings is 1. The summed E-state index contributed by atoms with van der Waals surface area (Å²) in [5, 5.41) is 2.78. The van der Waals surface area contributed by atoms with Crippen molar-refractivity contribution in [3.63, 3.8) is 0 Å². The molecule has 0 aromatic carbocycles. The molecular formula is C17H19BrN2O5S. The van der Waals surface area contributed by atoms with Crippen molar-refractivity contribution in [1.29, 1.82) is 0 Å². The molecule has 2 aliphatic rings. The van der Waals surface area contributed by atoms with Crippen LogP contribution < -0.4 is 5.32 Å². The van der Waals surface area contributed by atoms with E-state index >= 15 is 0 Å². The van der Waals surface area contributed by atoms with Gasteiger partial charge < -0.3 is 10.1 Å². The monoisotopic (exact) mass is 442 g/mol. The standard InChI is InChI=1S/C17H19BrN2O5S/c1-10-4-2-3-7-17(10)15(23)20(16(24)19-17)8-14(22)25-9-11(21)12-5-6-13(18)26-12/h5-6,10H,2-4,7-9H2,1H3,(H,19,24)/t10-,17+/m0/s1. The Hall–Kier alpha value is -1.74. The Kier molecular flexibility index (Phi) is 5.47. The third-order valence-electron chi connectivity index (χ3n) is 5.00. The van der Waals surface area contributed by atoms with Crippen molar-refractivity contribution in [3.8, 4) is 0 Å². The molecular weight excluding hydrogens is 424 g/mol. The number of halogens is 1.